The summed E-state index contributed by atoms with van der Waals surface area (Å²) >= 11 is 0. The summed E-state index contributed by atoms with van der Waals surface area (Å²) < 4.78 is 54.0. The van der Waals surface area contributed by atoms with Crippen LogP contribution in [0.4, 0.5) is 14.5 Å². The molecule has 1 aliphatic heterocycles. The van der Waals surface area contributed by atoms with Crippen molar-refractivity contribution in [1.29, 1.82) is 5.26 Å². The summed E-state index contributed by atoms with van der Waals surface area (Å²) in [5.41, 5.74) is 7.03. The molecule has 0 saturated carbocycles. The van der Waals surface area contributed by atoms with Gasteiger partial charge in [0, 0.05) is 6.42 Å². The minimum Gasteiger partial charge on any atom is -0.319 e. The Kier molecular flexibility index (Phi) is 6.97. The first-order chi connectivity index (χ1) is 17.1. The van der Waals surface area contributed by atoms with Gasteiger partial charge in [0.1, 0.15) is 11.6 Å². The van der Waals surface area contributed by atoms with Gasteiger partial charge in [-0.3, -0.25) is 9.59 Å². The number of ketones is 1. The van der Waals surface area contributed by atoms with Crippen LogP contribution < -0.4 is 10.6 Å². The van der Waals surface area contributed by atoms with Crippen LogP contribution in [-0.4, -0.2) is 31.9 Å². The molecule has 0 bridgehead atoms. The Balaban J connectivity index is 1.73. The number of amides is 1. The average molecular weight is 510 g/mol. The number of fused-ring (bicyclic) bond motifs is 1. The molecule has 10 heteroatoms. The van der Waals surface area contributed by atoms with E-state index in [2.05, 4.69) is 0 Å². The highest BCUT2D eigenvalue weighted by Gasteiger charge is 2.37. The molecule has 1 heterocycles. The van der Waals surface area contributed by atoms with E-state index in [9.17, 15) is 22.4 Å². The van der Waals surface area contributed by atoms with E-state index in [4.69, 9.17) is 11.0 Å². The maximum absolute atomic E-state index is 15.0. The zero-order valence-electron chi connectivity index (χ0n) is 18.9. The Hall–Kier alpha value is -3.94. The smallest absolute Gasteiger partial charge is 0.245 e. The number of aryl methyl sites for hydroxylation is 1. The molecule has 1 atom stereocenters. The Labute approximate surface area is 206 Å². The van der Waals surface area contributed by atoms with Gasteiger partial charge in [-0.15, -0.1) is 0 Å². The monoisotopic (exact) mass is 509 g/mol. The Bertz CT molecular complexity index is 1480. The van der Waals surface area contributed by atoms with Crippen molar-refractivity contribution >= 4 is 27.2 Å². The number of Topliss-reactive ketones (excluding diaryl/α,β-unsaturated/α-hetero) is 1. The Morgan fingerprint density at radius 1 is 1.06 bits per heavy atom. The van der Waals surface area contributed by atoms with Crippen molar-refractivity contribution in [1.82, 2.24) is 0 Å². The van der Waals surface area contributed by atoms with Crippen LogP contribution in [0.5, 0.6) is 0 Å². The number of carbonyl (C=O) groups is 2. The van der Waals surface area contributed by atoms with Gasteiger partial charge in [-0.1, -0.05) is 24.3 Å². The fourth-order valence-corrected chi connectivity index (χ4v) is 5.57. The van der Waals surface area contributed by atoms with Crippen molar-refractivity contribution in [3.05, 3.63) is 94.6 Å². The molecule has 0 radical (unpaired) electrons. The van der Waals surface area contributed by atoms with Crippen LogP contribution in [0.1, 0.15) is 33.5 Å². The van der Waals surface area contributed by atoms with Gasteiger partial charge in [0.25, 0.3) is 0 Å². The first-order valence-electron chi connectivity index (χ1n) is 11.0. The van der Waals surface area contributed by atoms with Crippen LogP contribution in [0, 0.1) is 23.0 Å². The first-order valence-corrected chi connectivity index (χ1v) is 12.6. The number of anilines is 1. The molecule has 0 aliphatic carbocycles. The Morgan fingerprint density at radius 3 is 2.33 bits per heavy atom. The summed E-state index contributed by atoms with van der Waals surface area (Å²) in [4.78, 5) is 26.7. The highest BCUT2D eigenvalue weighted by atomic mass is 32.2. The van der Waals surface area contributed by atoms with Gasteiger partial charge in [-0.2, -0.15) is 5.26 Å². The number of carbonyl (C=O) groups excluding carboxylic acids is 2. The molecule has 36 heavy (non-hydrogen) atoms. The highest BCUT2D eigenvalue weighted by Crippen LogP contribution is 2.34. The topological polar surface area (TPSA) is 121 Å². The second kappa shape index (κ2) is 9.97. The lowest BCUT2D eigenvalue weighted by atomic mass is 10.0. The molecule has 2 N–H and O–H groups in total. The number of benzene rings is 3. The lowest BCUT2D eigenvalue weighted by molar-refractivity contribution is -0.119. The summed E-state index contributed by atoms with van der Waals surface area (Å²) in [6.07, 6.45) is 0.101. The SMILES string of the molecule is N#Cc1ccc(CN2C(=O)[C@@H](N)CS(=O)(=O)c3cc(F)c(C(=O)CCc4ccc(F)cc4)cc32)cc1. The summed E-state index contributed by atoms with van der Waals surface area (Å²) in [5, 5.41) is 9.01. The van der Waals surface area contributed by atoms with Crippen molar-refractivity contribution in [2.24, 2.45) is 5.73 Å². The molecular formula is C26H21F2N3O4S. The molecule has 0 saturated heterocycles. The molecule has 3 aromatic rings. The number of nitrogens with two attached hydrogens (primary N) is 1. The van der Waals surface area contributed by atoms with Gasteiger partial charge < -0.3 is 10.6 Å². The maximum atomic E-state index is 15.0. The van der Waals surface area contributed by atoms with E-state index in [0.717, 1.165) is 17.0 Å². The number of hydrogen-bond donors (Lipinski definition) is 1. The summed E-state index contributed by atoms with van der Waals surface area (Å²) in [6, 6.07) is 14.3. The van der Waals surface area contributed by atoms with Gasteiger partial charge in [0.2, 0.25) is 5.91 Å². The van der Waals surface area contributed by atoms with E-state index in [1.54, 1.807) is 24.3 Å². The molecule has 0 aromatic heterocycles. The van der Waals surface area contributed by atoms with Crippen molar-refractivity contribution < 1.29 is 26.8 Å². The van der Waals surface area contributed by atoms with Gasteiger partial charge in [0.05, 0.1) is 46.1 Å². The second-order valence-electron chi connectivity index (χ2n) is 8.47. The lowest BCUT2D eigenvalue weighted by Crippen LogP contribution is -2.45. The number of sulfone groups is 1. The third-order valence-electron chi connectivity index (χ3n) is 5.93. The number of rotatable bonds is 6. The standard InChI is InChI=1S/C26H21F2N3O4S/c27-19-8-5-16(6-9-19)7-10-24(32)20-11-23-25(12-21(20)28)36(34,35)15-22(30)26(33)31(23)14-18-3-1-17(13-29)2-4-18/h1-6,8-9,11-12,22H,7,10,14-15,30H2/t22-/m0/s1. The third kappa shape index (κ3) is 5.17. The summed E-state index contributed by atoms with van der Waals surface area (Å²) in [5.74, 6) is -3.45. The molecule has 7 nitrogen and oxygen atoms in total. The van der Waals surface area contributed by atoms with Crippen molar-refractivity contribution in [2.45, 2.75) is 30.3 Å². The van der Waals surface area contributed by atoms with E-state index in [1.165, 1.54) is 24.3 Å². The lowest BCUT2D eigenvalue weighted by Gasteiger charge is -2.25. The minimum absolute atomic E-state index is 0.102. The predicted molar refractivity (Wildman–Crippen MR) is 128 cm³/mol. The third-order valence-corrected chi connectivity index (χ3v) is 7.73. The molecule has 184 valence electrons. The van der Waals surface area contributed by atoms with Gasteiger partial charge in [0.15, 0.2) is 15.6 Å². The highest BCUT2D eigenvalue weighted by molar-refractivity contribution is 7.91. The van der Waals surface area contributed by atoms with E-state index < -0.39 is 49.9 Å². The Morgan fingerprint density at radius 2 is 1.69 bits per heavy atom. The van der Waals surface area contributed by atoms with Gasteiger partial charge in [-0.25, -0.2) is 17.2 Å². The van der Waals surface area contributed by atoms with E-state index in [0.29, 0.717) is 16.7 Å². The van der Waals surface area contributed by atoms with Crippen molar-refractivity contribution in [3.8, 4) is 6.07 Å². The van der Waals surface area contributed by atoms with Crippen LogP contribution >= 0.6 is 0 Å². The van der Waals surface area contributed by atoms with Gasteiger partial charge >= 0.3 is 0 Å². The predicted octanol–water partition coefficient (Wildman–Crippen LogP) is 3.30. The number of halogens is 2. The first kappa shape index (κ1) is 25.2. The number of nitrogens with zero attached hydrogens (tertiary/aromatic N) is 2. The van der Waals surface area contributed by atoms with Crippen LogP contribution in [-0.2, 0) is 27.6 Å². The van der Waals surface area contributed by atoms with E-state index in [-0.39, 0.29) is 30.6 Å². The van der Waals surface area contributed by atoms with Crippen LogP contribution in [0.15, 0.2) is 65.6 Å². The fourth-order valence-electron chi connectivity index (χ4n) is 4.01. The van der Waals surface area contributed by atoms with E-state index >= 15 is 4.39 Å². The van der Waals surface area contributed by atoms with Crippen LogP contribution in [0.2, 0.25) is 0 Å². The van der Waals surface area contributed by atoms with E-state index in [1.807, 2.05) is 6.07 Å². The van der Waals surface area contributed by atoms with Crippen molar-refractivity contribution in [2.75, 3.05) is 10.7 Å². The molecule has 0 spiro atoms. The average Bonchev–Trinajstić information content (AvgIpc) is 2.92. The number of nitriles is 1. The zero-order valence-corrected chi connectivity index (χ0v) is 19.8. The largest absolute Gasteiger partial charge is 0.319 e. The van der Waals surface area contributed by atoms with Gasteiger partial charge in [-0.05, 0) is 53.9 Å². The molecular weight excluding hydrogens is 488 g/mol. The minimum atomic E-state index is -4.14. The molecule has 0 fully saturated rings. The van der Waals surface area contributed by atoms with Crippen molar-refractivity contribution in [3.63, 3.8) is 0 Å². The molecule has 1 amide bonds. The zero-order chi connectivity index (χ0) is 26.0. The molecule has 3 aromatic carbocycles. The summed E-state index contributed by atoms with van der Waals surface area (Å²) in [6.45, 7) is -0.102. The maximum Gasteiger partial charge on any atom is 0.245 e. The molecule has 4 rings (SSSR count). The fraction of sp³-hybridized carbons (Fsp3) is 0.192. The quantitative estimate of drug-likeness (QED) is 0.509. The normalized spacial score (nSPS) is 16.7. The molecule has 1 aliphatic rings. The van der Waals surface area contributed by atoms with Crippen LogP contribution in [0.3, 0.4) is 0 Å². The number of hydrogen-bond acceptors (Lipinski definition) is 6. The summed E-state index contributed by atoms with van der Waals surface area (Å²) in [7, 11) is -4.14. The second-order valence-corrected chi connectivity index (χ2v) is 10.5. The molecule has 0 unspecified atom stereocenters. The van der Waals surface area contributed by atoms with Crippen LogP contribution in [0.25, 0.3) is 0 Å².